The summed E-state index contributed by atoms with van der Waals surface area (Å²) in [6, 6.07) is 19.4. The van der Waals surface area contributed by atoms with E-state index in [4.69, 9.17) is 23.8 Å². The van der Waals surface area contributed by atoms with Gasteiger partial charge in [0, 0.05) is 28.3 Å². The summed E-state index contributed by atoms with van der Waals surface area (Å²) < 4.78 is 2.05. The van der Waals surface area contributed by atoms with Crippen molar-refractivity contribution in [3.63, 3.8) is 0 Å². The predicted octanol–water partition coefficient (Wildman–Crippen LogP) is 6.64. The van der Waals surface area contributed by atoms with Crippen LogP contribution in [-0.2, 0) is 0 Å². The number of phenolic OH excluding ortho intramolecular Hbond substituents is 1. The molecule has 2 aromatic heterocycles. The molecule has 4 aromatic rings. The molecule has 1 saturated heterocycles. The molecule has 0 amide bonds. The van der Waals surface area contributed by atoms with Crippen LogP contribution in [-0.4, -0.2) is 19.8 Å². The average molecular weight is 503 g/mol. The Morgan fingerprint density at radius 1 is 0.971 bits per heavy atom. The average Bonchev–Trinajstić information content (AvgIpc) is 3.33. The third kappa shape index (κ3) is 4.07. The highest BCUT2D eigenvalue weighted by atomic mass is 35.5. The maximum Gasteiger partial charge on any atom is 0.174 e. The van der Waals surface area contributed by atoms with E-state index in [0.29, 0.717) is 15.8 Å². The van der Waals surface area contributed by atoms with Crippen LogP contribution in [0.4, 0.5) is 5.69 Å². The lowest BCUT2D eigenvalue weighted by Gasteiger charge is -2.28. The van der Waals surface area contributed by atoms with Gasteiger partial charge in [0.25, 0.3) is 0 Å². The predicted molar refractivity (Wildman–Crippen MR) is 146 cm³/mol. The van der Waals surface area contributed by atoms with Crippen molar-refractivity contribution in [3.8, 4) is 11.4 Å². The Bertz CT molecular complexity index is 1430. The van der Waals surface area contributed by atoms with Crippen LogP contribution in [0.25, 0.3) is 5.69 Å². The van der Waals surface area contributed by atoms with Crippen LogP contribution in [0.15, 0.2) is 66.9 Å². The summed E-state index contributed by atoms with van der Waals surface area (Å²) in [4.78, 5) is 6.85. The Balaban J connectivity index is 1.71. The molecule has 0 unspecified atom stereocenters. The maximum atomic E-state index is 10.6. The molecule has 0 spiro atoms. The number of halogens is 1. The van der Waals surface area contributed by atoms with E-state index in [1.165, 1.54) is 11.1 Å². The number of rotatable bonds is 4. The van der Waals surface area contributed by atoms with Crippen LogP contribution < -0.4 is 10.2 Å². The summed E-state index contributed by atoms with van der Waals surface area (Å²) in [5, 5.41) is 15.4. The third-order valence-electron chi connectivity index (χ3n) is 6.83. The van der Waals surface area contributed by atoms with E-state index in [-0.39, 0.29) is 17.8 Å². The number of aromatic hydroxyl groups is 1. The molecule has 178 valence electrons. The SMILES string of the molecule is Cc1ccc(N2C(=S)N[C@@H](c3ccccn3)[C@H]2c2cc(C)n(-c3cc(Cl)ccc3O)c2C)cc1C. The molecule has 3 heterocycles. The number of hydrogen-bond acceptors (Lipinski definition) is 3. The van der Waals surface area contributed by atoms with Gasteiger partial charge in [-0.15, -0.1) is 0 Å². The molecule has 2 N–H and O–H groups in total. The number of anilines is 1. The molecule has 0 radical (unpaired) electrons. The van der Waals surface area contributed by atoms with Crippen LogP contribution in [0.1, 0.15) is 45.9 Å². The van der Waals surface area contributed by atoms with E-state index in [9.17, 15) is 5.11 Å². The molecule has 0 aliphatic carbocycles. The van der Waals surface area contributed by atoms with Crippen molar-refractivity contribution in [1.82, 2.24) is 14.9 Å². The quantitative estimate of drug-likeness (QED) is 0.306. The van der Waals surface area contributed by atoms with E-state index < -0.39 is 0 Å². The topological polar surface area (TPSA) is 53.3 Å². The molecule has 0 bridgehead atoms. The number of aromatic nitrogens is 2. The van der Waals surface area contributed by atoms with E-state index in [1.807, 2.05) is 35.9 Å². The van der Waals surface area contributed by atoms with Gasteiger partial charge in [-0.2, -0.15) is 0 Å². The lowest BCUT2D eigenvalue weighted by molar-refractivity contribution is 0.471. The first-order valence-electron chi connectivity index (χ1n) is 11.5. The van der Waals surface area contributed by atoms with Gasteiger partial charge < -0.3 is 19.9 Å². The summed E-state index contributed by atoms with van der Waals surface area (Å²) in [5.74, 6) is 0.176. The van der Waals surface area contributed by atoms with Crippen LogP contribution >= 0.6 is 23.8 Å². The molecule has 5 nitrogen and oxygen atoms in total. The first-order chi connectivity index (χ1) is 16.8. The molecule has 2 atom stereocenters. The molecular weight excluding hydrogens is 476 g/mol. The van der Waals surface area contributed by atoms with Gasteiger partial charge >= 0.3 is 0 Å². The lowest BCUT2D eigenvalue weighted by atomic mass is 9.96. The first-order valence-corrected chi connectivity index (χ1v) is 12.3. The zero-order valence-corrected chi connectivity index (χ0v) is 21.7. The van der Waals surface area contributed by atoms with Crippen LogP contribution in [0.5, 0.6) is 5.75 Å². The first kappa shape index (κ1) is 23.4. The van der Waals surface area contributed by atoms with E-state index in [0.717, 1.165) is 28.3 Å². The number of nitrogens with zero attached hydrogens (tertiary/aromatic N) is 3. The van der Waals surface area contributed by atoms with Crippen LogP contribution in [0, 0.1) is 27.7 Å². The fourth-order valence-corrected chi connectivity index (χ4v) is 5.47. The Kier molecular flexibility index (Phi) is 6.03. The second-order valence-electron chi connectivity index (χ2n) is 9.06. The fourth-order valence-electron chi connectivity index (χ4n) is 4.96. The van der Waals surface area contributed by atoms with Gasteiger partial charge in [0.1, 0.15) is 5.75 Å². The zero-order chi connectivity index (χ0) is 24.9. The van der Waals surface area contributed by atoms with Crippen molar-refractivity contribution in [2.75, 3.05) is 4.90 Å². The number of phenols is 1. The van der Waals surface area contributed by atoms with Crippen molar-refractivity contribution >= 4 is 34.6 Å². The van der Waals surface area contributed by atoms with Gasteiger partial charge in [0.05, 0.1) is 23.5 Å². The van der Waals surface area contributed by atoms with Crippen molar-refractivity contribution in [3.05, 3.63) is 106 Å². The second kappa shape index (κ2) is 9.02. The van der Waals surface area contributed by atoms with Crippen LogP contribution in [0.2, 0.25) is 5.02 Å². The minimum atomic E-state index is -0.146. The van der Waals surface area contributed by atoms with E-state index in [1.54, 1.807) is 18.2 Å². The summed E-state index contributed by atoms with van der Waals surface area (Å²) in [5.41, 5.74) is 8.14. The highest BCUT2D eigenvalue weighted by molar-refractivity contribution is 7.80. The molecule has 2 aromatic carbocycles. The van der Waals surface area contributed by atoms with Gasteiger partial charge in [-0.3, -0.25) is 4.98 Å². The third-order valence-corrected chi connectivity index (χ3v) is 7.38. The van der Waals surface area contributed by atoms with Gasteiger partial charge in [-0.25, -0.2) is 0 Å². The fraction of sp³-hybridized carbons (Fsp3) is 0.214. The van der Waals surface area contributed by atoms with Gasteiger partial charge in [-0.05, 0) is 105 Å². The summed E-state index contributed by atoms with van der Waals surface area (Å²) in [6.07, 6.45) is 1.81. The lowest BCUT2D eigenvalue weighted by Crippen LogP contribution is -2.29. The number of benzene rings is 2. The molecule has 0 saturated carbocycles. The van der Waals surface area contributed by atoms with E-state index >= 15 is 0 Å². The molecule has 35 heavy (non-hydrogen) atoms. The maximum absolute atomic E-state index is 10.6. The second-order valence-corrected chi connectivity index (χ2v) is 9.88. The van der Waals surface area contributed by atoms with Gasteiger partial charge in [0.2, 0.25) is 0 Å². The van der Waals surface area contributed by atoms with E-state index in [2.05, 4.69) is 60.2 Å². The van der Waals surface area contributed by atoms with Gasteiger partial charge in [-0.1, -0.05) is 23.7 Å². The molecule has 5 rings (SSSR count). The molecule has 7 heteroatoms. The Labute approximate surface area is 216 Å². The minimum absolute atomic E-state index is 0.138. The molecule has 1 fully saturated rings. The highest BCUT2D eigenvalue weighted by Crippen LogP contribution is 2.44. The Morgan fingerprint density at radius 3 is 2.49 bits per heavy atom. The number of thiocarbonyl (C=S) groups is 1. The number of hydrogen-bond donors (Lipinski definition) is 2. The smallest absolute Gasteiger partial charge is 0.174 e. The highest BCUT2D eigenvalue weighted by Gasteiger charge is 2.42. The van der Waals surface area contributed by atoms with Crippen molar-refractivity contribution in [2.45, 2.75) is 39.8 Å². The summed E-state index contributed by atoms with van der Waals surface area (Å²) in [6.45, 7) is 8.33. The molecule has 1 aliphatic heterocycles. The number of aryl methyl sites for hydroxylation is 3. The molecular formula is C28H27ClN4OS. The van der Waals surface area contributed by atoms with Gasteiger partial charge in [0.15, 0.2) is 5.11 Å². The molecule has 1 aliphatic rings. The Hall–Kier alpha value is -3.35. The minimum Gasteiger partial charge on any atom is -0.506 e. The largest absolute Gasteiger partial charge is 0.506 e. The summed E-state index contributed by atoms with van der Waals surface area (Å²) in [7, 11) is 0. The van der Waals surface area contributed by atoms with Crippen LogP contribution in [0.3, 0.4) is 0 Å². The monoisotopic (exact) mass is 502 g/mol. The van der Waals surface area contributed by atoms with Crippen molar-refractivity contribution in [1.29, 1.82) is 0 Å². The standard InChI is InChI=1S/C28H27ClN4OS/c1-16-8-10-21(13-17(16)2)33-27(26(31-28(33)35)23-7-5-6-12-30-23)22-14-18(3)32(19(22)4)24-15-20(29)9-11-25(24)34/h5-15,26-27,34H,1-4H3,(H,31,35)/t26-,27+/m0/s1. The summed E-state index contributed by atoms with van der Waals surface area (Å²) >= 11 is 12.2. The number of pyridine rings is 1. The van der Waals surface area contributed by atoms with Crippen molar-refractivity contribution < 1.29 is 5.11 Å². The van der Waals surface area contributed by atoms with Crippen molar-refractivity contribution in [2.24, 2.45) is 0 Å². The normalized spacial score (nSPS) is 17.6. The number of nitrogens with one attached hydrogen (secondary N) is 1. The zero-order valence-electron chi connectivity index (χ0n) is 20.1. The Morgan fingerprint density at radius 2 is 1.77 bits per heavy atom.